The van der Waals surface area contributed by atoms with Gasteiger partial charge in [-0.3, -0.25) is 9.69 Å². The van der Waals surface area contributed by atoms with Crippen LogP contribution >= 0.6 is 58.2 Å². The summed E-state index contributed by atoms with van der Waals surface area (Å²) < 4.78 is 0. The Morgan fingerprint density at radius 3 is 1.96 bits per heavy atom. The predicted molar refractivity (Wildman–Crippen MR) is 100.0 cm³/mol. The fourth-order valence-electron chi connectivity index (χ4n) is 2.08. The largest absolute Gasteiger partial charge is 0.273 e. The molecule has 118 valence electrons. The fourth-order valence-corrected chi connectivity index (χ4v) is 4.00. The first-order valence-corrected chi connectivity index (χ1v) is 8.89. The van der Waals surface area contributed by atoms with Crippen molar-refractivity contribution in [3.05, 3.63) is 56.5 Å². The molecule has 1 aliphatic rings. The molecule has 3 rings (SSSR count). The highest BCUT2D eigenvalue weighted by atomic mass is 35.5. The summed E-state index contributed by atoms with van der Waals surface area (Å²) in [4.78, 5) is 18.2. The van der Waals surface area contributed by atoms with E-state index in [-0.39, 0.29) is 11.7 Å². The highest BCUT2D eigenvalue weighted by Gasteiger charge is 2.30. The van der Waals surface area contributed by atoms with E-state index in [2.05, 4.69) is 4.99 Å². The number of amides is 1. The molecule has 0 bridgehead atoms. The second kappa shape index (κ2) is 6.91. The molecule has 2 aromatic rings. The first kappa shape index (κ1) is 16.9. The van der Waals surface area contributed by atoms with Crippen molar-refractivity contribution < 1.29 is 4.79 Å². The molecule has 0 spiro atoms. The van der Waals surface area contributed by atoms with Crippen LogP contribution in [0.15, 0.2) is 41.4 Å². The quantitative estimate of drug-likeness (QED) is 0.607. The summed E-state index contributed by atoms with van der Waals surface area (Å²) in [5, 5.41) is 2.36. The summed E-state index contributed by atoms with van der Waals surface area (Å²) in [5.74, 6) is 0.192. The van der Waals surface area contributed by atoms with Gasteiger partial charge in [0.1, 0.15) is 0 Å². The third-order valence-corrected chi connectivity index (χ3v) is 4.74. The number of carbonyl (C=O) groups excluding carboxylic acids is 1. The maximum absolute atomic E-state index is 12.2. The monoisotopic (exact) mass is 404 g/mol. The van der Waals surface area contributed by atoms with Crippen molar-refractivity contribution in [1.29, 1.82) is 0 Å². The van der Waals surface area contributed by atoms with Gasteiger partial charge < -0.3 is 0 Å². The summed E-state index contributed by atoms with van der Waals surface area (Å²) in [6, 6.07) is 9.90. The van der Waals surface area contributed by atoms with Crippen LogP contribution in [0, 0.1) is 0 Å². The van der Waals surface area contributed by atoms with Gasteiger partial charge in [-0.2, -0.15) is 0 Å². The molecule has 23 heavy (non-hydrogen) atoms. The van der Waals surface area contributed by atoms with Gasteiger partial charge in [-0.1, -0.05) is 58.2 Å². The standard InChI is InChI=1S/C15H8Cl4N2OS/c16-8-1-9(17)4-12(3-8)20-15-21(14(22)7-23-15)13-5-10(18)2-11(19)6-13/h1-6H,7H2. The van der Waals surface area contributed by atoms with Crippen molar-refractivity contribution >= 4 is 80.6 Å². The lowest BCUT2D eigenvalue weighted by molar-refractivity contribution is -0.115. The zero-order valence-electron chi connectivity index (χ0n) is 11.4. The van der Waals surface area contributed by atoms with Crippen molar-refractivity contribution in [2.45, 2.75) is 0 Å². The molecule has 0 unspecified atom stereocenters. The molecule has 1 saturated heterocycles. The summed E-state index contributed by atoms with van der Waals surface area (Å²) in [5.41, 5.74) is 1.14. The van der Waals surface area contributed by atoms with E-state index < -0.39 is 0 Å². The van der Waals surface area contributed by atoms with Gasteiger partial charge in [0.2, 0.25) is 5.91 Å². The van der Waals surface area contributed by atoms with E-state index in [0.717, 1.165) is 0 Å². The van der Waals surface area contributed by atoms with Crippen molar-refractivity contribution in [3.8, 4) is 0 Å². The molecule has 3 nitrogen and oxygen atoms in total. The molecular formula is C15H8Cl4N2OS. The maximum Gasteiger partial charge on any atom is 0.243 e. The molecule has 0 saturated carbocycles. The Kier molecular flexibility index (Phi) is 5.09. The van der Waals surface area contributed by atoms with Crippen molar-refractivity contribution in [2.24, 2.45) is 4.99 Å². The van der Waals surface area contributed by atoms with Gasteiger partial charge in [0, 0.05) is 20.1 Å². The molecule has 1 heterocycles. The summed E-state index contributed by atoms with van der Waals surface area (Å²) in [6.45, 7) is 0. The van der Waals surface area contributed by atoms with Gasteiger partial charge in [-0.05, 0) is 36.4 Å². The summed E-state index contributed by atoms with van der Waals surface area (Å²) >= 11 is 25.3. The molecule has 1 amide bonds. The Bertz CT molecular complexity index is 785. The van der Waals surface area contributed by atoms with Crippen molar-refractivity contribution in [3.63, 3.8) is 0 Å². The van der Waals surface area contributed by atoms with Crippen molar-refractivity contribution in [2.75, 3.05) is 10.7 Å². The lowest BCUT2D eigenvalue weighted by Gasteiger charge is -2.16. The number of aliphatic imine (C=N–C) groups is 1. The van der Waals surface area contributed by atoms with E-state index in [1.165, 1.54) is 16.7 Å². The molecule has 1 aliphatic heterocycles. The van der Waals surface area contributed by atoms with Crippen LogP contribution in [0.2, 0.25) is 20.1 Å². The molecule has 0 atom stereocenters. The lowest BCUT2D eigenvalue weighted by atomic mass is 10.3. The van der Waals surface area contributed by atoms with E-state index >= 15 is 0 Å². The fraction of sp³-hybridized carbons (Fsp3) is 0.0667. The summed E-state index contributed by atoms with van der Waals surface area (Å²) in [6.07, 6.45) is 0. The molecule has 0 radical (unpaired) electrons. The van der Waals surface area contributed by atoms with E-state index in [4.69, 9.17) is 46.4 Å². The number of amidine groups is 1. The predicted octanol–water partition coefficient (Wildman–Crippen LogP) is 6.07. The number of carbonyl (C=O) groups is 1. The normalized spacial score (nSPS) is 16.4. The Balaban J connectivity index is 2.04. The topological polar surface area (TPSA) is 32.7 Å². The minimum absolute atomic E-state index is 0.0970. The Hall–Kier alpha value is -0.910. The van der Waals surface area contributed by atoms with Gasteiger partial charge in [0.25, 0.3) is 0 Å². The minimum Gasteiger partial charge on any atom is -0.273 e. The van der Waals surface area contributed by atoms with Gasteiger partial charge in [-0.15, -0.1) is 0 Å². The minimum atomic E-state index is -0.0970. The van der Waals surface area contributed by atoms with Crippen LogP contribution in [-0.4, -0.2) is 16.8 Å². The van der Waals surface area contributed by atoms with Crippen LogP contribution in [0.3, 0.4) is 0 Å². The third-order valence-electron chi connectivity index (χ3n) is 2.94. The number of halogens is 4. The Morgan fingerprint density at radius 1 is 0.870 bits per heavy atom. The van der Waals surface area contributed by atoms with Crippen LogP contribution in [0.1, 0.15) is 0 Å². The van der Waals surface area contributed by atoms with E-state index in [0.29, 0.717) is 36.6 Å². The second-order valence-corrected chi connectivity index (χ2v) is 7.36. The number of benzene rings is 2. The van der Waals surface area contributed by atoms with Crippen molar-refractivity contribution in [1.82, 2.24) is 0 Å². The van der Waals surface area contributed by atoms with Gasteiger partial charge in [-0.25, -0.2) is 4.99 Å². The average molecular weight is 406 g/mol. The van der Waals surface area contributed by atoms with Gasteiger partial charge in [0.15, 0.2) is 5.17 Å². The molecule has 1 fully saturated rings. The highest BCUT2D eigenvalue weighted by molar-refractivity contribution is 8.15. The van der Waals surface area contributed by atoms with Crippen LogP contribution in [0.5, 0.6) is 0 Å². The lowest BCUT2D eigenvalue weighted by Crippen LogP contribution is -2.29. The smallest absolute Gasteiger partial charge is 0.243 e. The van der Waals surface area contributed by atoms with Crippen LogP contribution in [0.4, 0.5) is 11.4 Å². The number of anilines is 1. The number of hydrogen-bond donors (Lipinski definition) is 0. The Morgan fingerprint density at radius 2 is 1.39 bits per heavy atom. The number of rotatable bonds is 2. The molecule has 2 aromatic carbocycles. The first-order chi connectivity index (χ1) is 10.9. The zero-order chi connectivity index (χ0) is 16.6. The average Bonchev–Trinajstić information content (AvgIpc) is 2.77. The van der Waals surface area contributed by atoms with E-state index in [1.54, 1.807) is 36.4 Å². The van der Waals surface area contributed by atoms with Crippen LogP contribution < -0.4 is 4.90 Å². The first-order valence-electron chi connectivity index (χ1n) is 6.39. The van der Waals surface area contributed by atoms with E-state index in [1.807, 2.05) is 0 Å². The van der Waals surface area contributed by atoms with Gasteiger partial charge in [0.05, 0.1) is 17.1 Å². The number of nitrogens with zero attached hydrogens (tertiary/aromatic N) is 2. The molecule has 0 N–H and O–H groups in total. The SMILES string of the molecule is O=C1CSC(=Nc2cc(Cl)cc(Cl)c2)N1c1cc(Cl)cc(Cl)c1. The summed E-state index contributed by atoms with van der Waals surface area (Å²) in [7, 11) is 0. The maximum atomic E-state index is 12.2. The highest BCUT2D eigenvalue weighted by Crippen LogP contribution is 2.33. The molecule has 0 aromatic heterocycles. The van der Waals surface area contributed by atoms with Crippen LogP contribution in [0.25, 0.3) is 0 Å². The molecule has 8 heteroatoms. The van der Waals surface area contributed by atoms with Gasteiger partial charge >= 0.3 is 0 Å². The second-order valence-electron chi connectivity index (χ2n) is 4.67. The third kappa shape index (κ3) is 3.95. The molecule has 0 aliphatic carbocycles. The van der Waals surface area contributed by atoms with E-state index in [9.17, 15) is 4.79 Å². The zero-order valence-corrected chi connectivity index (χ0v) is 15.2. The van der Waals surface area contributed by atoms with Crippen LogP contribution in [-0.2, 0) is 4.79 Å². The number of hydrogen-bond acceptors (Lipinski definition) is 3. The number of thioether (sulfide) groups is 1. The molecular weight excluding hydrogens is 398 g/mol. The Labute approximate surface area is 157 Å².